The second-order valence-electron chi connectivity index (χ2n) is 4.92. The van der Waals surface area contributed by atoms with Gasteiger partial charge in [-0.05, 0) is 39.8 Å². The van der Waals surface area contributed by atoms with Gasteiger partial charge in [0, 0.05) is 11.4 Å². The number of carbonyl (C=O) groups excluding carboxylic acids is 1. The zero-order valence-electron chi connectivity index (χ0n) is 11.9. The molecule has 0 saturated carbocycles. The topological polar surface area (TPSA) is 69.6 Å². The van der Waals surface area contributed by atoms with E-state index in [-0.39, 0.29) is 6.04 Å². The molecule has 1 unspecified atom stereocenters. The highest BCUT2D eigenvalue weighted by atomic mass is 35.5. The van der Waals surface area contributed by atoms with Gasteiger partial charge in [-0.3, -0.25) is 0 Å². The van der Waals surface area contributed by atoms with E-state index < -0.39 is 17.5 Å². The molecular weight excluding hydrogens is 300 g/mol. The lowest BCUT2D eigenvalue weighted by molar-refractivity contribution is -0.147. The summed E-state index contributed by atoms with van der Waals surface area (Å²) < 4.78 is 0.652. The minimum atomic E-state index is -1.26. The van der Waals surface area contributed by atoms with Crippen molar-refractivity contribution in [2.75, 3.05) is 6.54 Å². The summed E-state index contributed by atoms with van der Waals surface area (Å²) in [6, 6.07) is 2.98. The third-order valence-electron chi connectivity index (χ3n) is 3.12. The van der Waals surface area contributed by atoms with Gasteiger partial charge < -0.3 is 15.3 Å². The van der Waals surface area contributed by atoms with Gasteiger partial charge in [-0.2, -0.15) is 0 Å². The van der Waals surface area contributed by atoms with Gasteiger partial charge in [0.1, 0.15) is 5.54 Å². The standard InChI is InChI=1S/C13H19ClN2O3S/c1-5-16(13(3,4)11(17)18)12(19)15-8(2)9-6-7-10(14)20-9/h6-8H,5H2,1-4H3,(H,15,19)(H,17,18). The van der Waals surface area contributed by atoms with Gasteiger partial charge in [0.15, 0.2) is 0 Å². The number of nitrogens with zero attached hydrogens (tertiary/aromatic N) is 1. The Kier molecular flexibility index (Phi) is 5.42. The van der Waals surface area contributed by atoms with Crippen LogP contribution >= 0.6 is 22.9 Å². The molecular formula is C13H19ClN2O3S. The molecule has 0 spiro atoms. The van der Waals surface area contributed by atoms with Crippen molar-refractivity contribution in [1.82, 2.24) is 10.2 Å². The number of halogens is 1. The minimum absolute atomic E-state index is 0.223. The van der Waals surface area contributed by atoms with E-state index in [0.717, 1.165) is 4.88 Å². The second-order valence-corrected chi connectivity index (χ2v) is 6.67. The minimum Gasteiger partial charge on any atom is -0.480 e. The van der Waals surface area contributed by atoms with Crippen molar-refractivity contribution in [3.05, 3.63) is 21.3 Å². The first-order valence-corrected chi connectivity index (χ1v) is 7.46. The summed E-state index contributed by atoms with van der Waals surface area (Å²) in [5, 5.41) is 12.0. The van der Waals surface area contributed by atoms with Crippen molar-refractivity contribution in [3.8, 4) is 0 Å². The van der Waals surface area contributed by atoms with Crippen molar-refractivity contribution in [1.29, 1.82) is 0 Å². The van der Waals surface area contributed by atoms with Crippen LogP contribution in [-0.4, -0.2) is 34.1 Å². The molecule has 1 heterocycles. The van der Waals surface area contributed by atoms with Gasteiger partial charge in [0.2, 0.25) is 0 Å². The van der Waals surface area contributed by atoms with Crippen LogP contribution in [0.1, 0.15) is 38.6 Å². The zero-order valence-corrected chi connectivity index (χ0v) is 13.5. The van der Waals surface area contributed by atoms with Crippen LogP contribution in [0.15, 0.2) is 12.1 Å². The van der Waals surface area contributed by atoms with E-state index in [4.69, 9.17) is 11.6 Å². The number of hydrogen-bond donors (Lipinski definition) is 2. The van der Waals surface area contributed by atoms with E-state index in [1.54, 1.807) is 13.0 Å². The van der Waals surface area contributed by atoms with E-state index >= 15 is 0 Å². The summed E-state index contributed by atoms with van der Waals surface area (Å²) in [5.74, 6) is -1.04. The van der Waals surface area contributed by atoms with E-state index in [9.17, 15) is 14.7 Å². The van der Waals surface area contributed by atoms with Gasteiger partial charge >= 0.3 is 12.0 Å². The zero-order chi connectivity index (χ0) is 15.5. The maximum absolute atomic E-state index is 12.2. The summed E-state index contributed by atoms with van der Waals surface area (Å²) in [6.07, 6.45) is 0. The van der Waals surface area contributed by atoms with Crippen molar-refractivity contribution < 1.29 is 14.7 Å². The Morgan fingerprint density at radius 1 is 1.50 bits per heavy atom. The molecule has 0 aliphatic heterocycles. The highest BCUT2D eigenvalue weighted by Gasteiger charge is 2.37. The lowest BCUT2D eigenvalue weighted by Crippen LogP contribution is -2.56. The Hall–Kier alpha value is -1.27. The van der Waals surface area contributed by atoms with Crippen LogP contribution in [0.4, 0.5) is 4.79 Å². The number of thiophene rings is 1. The fraction of sp³-hybridized carbons (Fsp3) is 0.538. The first kappa shape index (κ1) is 16.8. The molecule has 5 nitrogen and oxygen atoms in total. The molecule has 1 aromatic rings. The molecule has 1 rings (SSSR count). The number of hydrogen-bond acceptors (Lipinski definition) is 3. The van der Waals surface area contributed by atoms with Crippen LogP contribution in [0.5, 0.6) is 0 Å². The molecule has 2 N–H and O–H groups in total. The molecule has 0 saturated heterocycles. The lowest BCUT2D eigenvalue weighted by atomic mass is 10.0. The van der Waals surface area contributed by atoms with Crippen molar-refractivity contribution in [3.63, 3.8) is 0 Å². The van der Waals surface area contributed by atoms with E-state index in [1.165, 1.54) is 30.1 Å². The first-order valence-electron chi connectivity index (χ1n) is 6.27. The third kappa shape index (κ3) is 3.64. The first-order chi connectivity index (χ1) is 9.20. The Labute approximate surface area is 127 Å². The van der Waals surface area contributed by atoms with Gasteiger partial charge in [-0.25, -0.2) is 9.59 Å². The number of aliphatic carboxylic acids is 1. The molecule has 0 radical (unpaired) electrons. The largest absolute Gasteiger partial charge is 0.480 e. The maximum atomic E-state index is 12.2. The van der Waals surface area contributed by atoms with Gasteiger partial charge in [0.05, 0.1) is 10.4 Å². The van der Waals surface area contributed by atoms with Crippen LogP contribution in [0.3, 0.4) is 0 Å². The van der Waals surface area contributed by atoms with Crippen LogP contribution in [-0.2, 0) is 4.79 Å². The predicted molar refractivity (Wildman–Crippen MR) is 80.4 cm³/mol. The highest BCUT2D eigenvalue weighted by Crippen LogP contribution is 2.27. The second kappa shape index (κ2) is 6.45. The van der Waals surface area contributed by atoms with Crippen molar-refractivity contribution in [2.45, 2.75) is 39.3 Å². The molecule has 112 valence electrons. The quantitative estimate of drug-likeness (QED) is 0.874. The predicted octanol–water partition coefficient (Wildman–Crippen LogP) is 3.36. The molecule has 0 aromatic carbocycles. The molecule has 0 aliphatic rings. The van der Waals surface area contributed by atoms with Crippen LogP contribution < -0.4 is 5.32 Å². The summed E-state index contributed by atoms with van der Waals surface area (Å²) in [5.41, 5.74) is -1.26. The van der Waals surface area contributed by atoms with E-state index in [1.807, 2.05) is 13.0 Å². The Bertz CT molecular complexity index is 502. The number of carboxylic acid groups (broad SMARTS) is 1. The molecule has 20 heavy (non-hydrogen) atoms. The summed E-state index contributed by atoms with van der Waals surface area (Å²) in [7, 11) is 0. The summed E-state index contributed by atoms with van der Waals surface area (Å²) >= 11 is 7.25. The molecule has 0 fully saturated rings. The smallest absolute Gasteiger partial charge is 0.329 e. The van der Waals surface area contributed by atoms with Gasteiger partial charge in [-0.1, -0.05) is 11.6 Å². The summed E-state index contributed by atoms with van der Waals surface area (Å²) in [6.45, 7) is 6.90. The number of rotatable bonds is 5. The normalized spacial score (nSPS) is 12.8. The molecule has 1 aromatic heterocycles. The Morgan fingerprint density at radius 3 is 2.50 bits per heavy atom. The van der Waals surface area contributed by atoms with Crippen LogP contribution in [0.25, 0.3) is 0 Å². The monoisotopic (exact) mass is 318 g/mol. The van der Waals surface area contributed by atoms with Gasteiger partial charge in [0.25, 0.3) is 0 Å². The Morgan fingerprint density at radius 2 is 2.10 bits per heavy atom. The average molecular weight is 319 g/mol. The molecule has 1 atom stereocenters. The van der Waals surface area contributed by atoms with Gasteiger partial charge in [-0.15, -0.1) is 11.3 Å². The van der Waals surface area contributed by atoms with Crippen LogP contribution in [0, 0.1) is 0 Å². The fourth-order valence-corrected chi connectivity index (χ4v) is 2.87. The maximum Gasteiger partial charge on any atom is 0.329 e. The number of amides is 2. The summed E-state index contributed by atoms with van der Waals surface area (Å²) in [4.78, 5) is 25.7. The van der Waals surface area contributed by atoms with Crippen molar-refractivity contribution in [2.24, 2.45) is 0 Å². The number of likely N-dealkylation sites (N-methyl/N-ethyl adjacent to an activating group) is 1. The number of nitrogens with one attached hydrogen (secondary N) is 1. The van der Waals surface area contributed by atoms with E-state index in [0.29, 0.717) is 10.9 Å². The number of urea groups is 1. The number of carbonyl (C=O) groups is 2. The van der Waals surface area contributed by atoms with Crippen molar-refractivity contribution >= 4 is 34.9 Å². The number of carboxylic acids is 1. The lowest BCUT2D eigenvalue weighted by Gasteiger charge is -2.34. The fourth-order valence-electron chi connectivity index (χ4n) is 1.80. The van der Waals surface area contributed by atoms with Crippen LogP contribution in [0.2, 0.25) is 4.34 Å². The molecule has 2 amide bonds. The highest BCUT2D eigenvalue weighted by molar-refractivity contribution is 7.16. The molecule has 7 heteroatoms. The Balaban J connectivity index is 2.80. The third-order valence-corrected chi connectivity index (χ3v) is 4.53. The van der Waals surface area contributed by atoms with E-state index in [2.05, 4.69) is 5.32 Å². The molecule has 0 aliphatic carbocycles. The average Bonchev–Trinajstić information content (AvgIpc) is 2.76. The molecule has 0 bridgehead atoms. The SMILES string of the molecule is CCN(C(=O)NC(C)c1ccc(Cl)s1)C(C)(C)C(=O)O.